The minimum Gasteiger partial charge on any atom is -0.328 e. The van der Waals surface area contributed by atoms with Crippen LogP contribution in [0.2, 0.25) is 0 Å². The van der Waals surface area contributed by atoms with Crippen LogP contribution in [0, 0.1) is 0 Å². The Morgan fingerprint density at radius 2 is 1.75 bits per heavy atom. The highest BCUT2D eigenvalue weighted by Gasteiger charge is 2.16. The third-order valence-corrected chi connectivity index (χ3v) is 4.41. The molecule has 0 radical (unpaired) electrons. The van der Waals surface area contributed by atoms with E-state index in [4.69, 9.17) is 10.2 Å². The molecule has 0 bridgehead atoms. The zero-order valence-electron chi connectivity index (χ0n) is 12.6. The van der Waals surface area contributed by atoms with Gasteiger partial charge in [-0.3, -0.25) is 9.93 Å². The van der Waals surface area contributed by atoms with E-state index in [1.54, 1.807) is 10.9 Å². The maximum absolute atomic E-state index is 12.4. The van der Waals surface area contributed by atoms with Gasteiger partial charge < -0.3 is 4.98 Å². The van der Waals surface area contributed by atoms with Gasteiger partial charge in [0.15, 0.2) is 0 Å². The van der Waals surface area contributed by atoms with Gasteiger partial charge in [0.05, 0.1) is 16.6 Å². The van der Waals surface area contributed by atoms with E-state index >= 15 is 0 Å². The van der Waals surface area contributed by atoms with Crippen LogP contribution in [0.3, 0.4) is 0 Å². The van der Waals surface area contributed by atoms with Gasteiger partial charge in [-0.2, -0.15) is 5.10 Å². The van der Waals surface area contributed by atoms with Crippen LogP contribution in [0.1, 0.15) is 0 Å². The fourth-order valence-electron chi connectivity index (χ4n) is 2.74. The Hall–Kier alpha value is -2.83. The summed E-state index contributed by atoms with van der Waals surface area (Å²) in [7, 11) is 0. The predicted molar refractivity (Wildman–Crippen MR) is 97.2 cm³/mol. The normalized spacial score (nSPS) is 11.0. The van der Waals surface area contributed by atoms with Crippen LogP contribution >= 0.6 is 11.9 Å². The van der Waals surface area contributed by atoms with Crippen LogP contribution in [0.5, 0.6) is 0 Å². The van der Waals surface area contributed by atoms with Gasteiger partial charge in [-0.25, -0.2) is 4.68 Å². The zero-order valence-corrected chi connectivity index (χ0v) is 13.5. The van der Waals surface area contributed by atoms with Gasteiger partial charge in [-0.05, 0) is 42.3 Å². The second-order valence-corrected chi connectivity index (χ2v) is 6.01. The molecule has 0 aliphatic rings. The number of benzene rings is 2. The van der Waals surface area contributed by atoms with Crippen molar-refractivity contribution in [3.8, 4) is 16.9 Å². The lowest BCUT2D eigenvalue weighted by Crippen LogP contribution is -2.04. The van der Waals surface area contributed by atoms with E-state index in [9.17, 15) is 4.79 Å². The van der Waals surface area contributed by atoms with Crippen molar-refractivity contribution in [2.75, 3.05) is 0 Å². The molecule has 0 saturated heterocycles. The predicted octanol–water partition coefficient (Wildman–Crippen LogP) is 3.35. The van der Waals surface area contributed by atoms with Gasteiger partial charge in [-0.15, -0.1) is 0 Å². The SMILES string of the molecule is NSc1ccc(-c2nn(-c3ccccc3)c3cc[nH]c(=O)c23)cc1. The first-order chi connectivity index (χ1) is 11.8. The average Bonchev–Trinajstić information content (AvgIpc) is 3.04. The van der Waals surface area contributed by atoms with Crippen molar-refractivity contribution in [1.82, 2.24) is 14.8 Å². The number of H-pyrrole nitrogens is 1. The Bertz CT molecular complexity index is 1050. The van der Waals surface area contributed by atoms with Crippen LogP contribution in [0.25, 0.3) is 27.8 Å². The second kappa shape index (κ2) is 5.99. The first-order valence-corrected chi connectivity index (χ1v) is 8.29. The Morgan fingerprint density at radius 3 is 2.46 bits per heavy atom. The lowest BCUT2D eigenvalue weighted by molar-refractivity contribution is 0.914. The van der Waals surface area contributed by atoms with E-state index in [1.165, 1.54) is 11.9 Å². The topological polar surface area (TPSA) is 76.7 Å². The fourth-order valence-corrected chi connectivity index (χ4v) is 3.03. The van der Waals surface area contributed by atoms with Crippen molar-refractivity contribution < 1.29 is 0 Å². The summed E-state index contributed by atoms with van der Waals surface area (Å²) in [5, 5.41) is 10.9. The first-order valence-electron chi connectivity index (χ1n) is 7.41. The number of hydrogen-bond donors (Lipinski definition) is 2. The molecule has 118 valence electrons. The second-order valence-electron chi connectivity index (χ2n) is 5.31. The van der Waals surface area contributed by atoms with Crippen molar-refractivity contribution in [2.24, 2.45) is 5.14 Å². The lowest BCUT2D eigenvalue weighted by Gasteiger charge is -2.02. The van der Waals surface area contributed by atoms with Gasteiger partial charge in [0, 0.05) is 16.7 Å². The molecule has 2 heterocycles. The smallest absolute Gasteiger partial charge is 0.259 e. The maximum atomic E-state index is 12.4. The van der Waals surface area contributed by atoms with Crippen LogP contribution in [0.4, 0.5) is 0 Å². The molecule has 5 nitrogen and oxygen atoms in total. The molecular weight excluding hydrogens is 320 g/mol. The molecule has 2 aromatic carbocycles. The van der Waals surface area contributed by atoms with E-state index in [0.29, 0.717) is 11.1 Å². The molecule has 24 heavy (non-hydrogen) atoms. The highest BCUT2D eigenvalue weighted by molar-refractivity contribution is 7.97. The molecule has 3 N–H and O–H groups in total. The lowest BCUT2D eigenvalue weighted by atomic mass is 10.1. The molecule has 0 saturated carbocycles. The number of para-hydroxylation sites is 1. The van der Waals surface area contributed by atoms with Crippen LogP contribution < -0.4 is 10.7 Å². The van der Waals surface area contributed by atoms with Gasteiger partial charge >= 0.3 is 0 Å². The van der Waals surface area contributed by atoms with Crippen LogP contribution in [0.15, 0.2) is 76.6 Å². The number of fused-ring (bicyclic) bond motifs is 1. The molecule has 0 aliphatic carbocycles. The van der Waals surface area contributed by atoms with E-state index in [1.807, 2.05) is 60.7 Å². The molecule has 6 heteroatoms. The molecule has 0 amide bonds. The Kier molecular flexibility index (Phi) is 3.68. The van der Waals surface area contributed by atoms with Gasteiger partial charge in [-0.1, -0.05) is 30.3 Å². The summed E-state index contributed by atoms with van der Waals surface area (Å²) in [5.41, 5.74) is 3.07. The number of rotatable bonds is 3. The average molecular weight is 334 g/mol. The monoisotopic (exact) mass is 334 g/mol. The van der Waals surface area contributed by atoms with Crippen molar-refractivity contribution >= 4 is 22.9 Å². The van der Waals surface area contributed by atoms with Crippen LogP contribution in [-0.4, -0.2) is 14.8 Å². The molecule has 4 aromatic rings. The molecule has 0 unspecified atom stereocenters. The van der Waals surface area contributed by atoms with Crippen molar-refractivity contribution in [3.63, 3.8) is 0 Å². The number of nitrogens with zero attached hydrogens (tertiary/aromatic N) is 2. The highest BCUT2D eigenvalue weighted by atomic mass is 32.2. The molecule has 0 atom stereocenters. The fraction of sp³-hybridized carbons (Fsp3) is 0. The van der Waals surface area contributed by atoms with E-state index in [2.05, 4.69) is 4.98 Å². The maximum Gasteiger partial charge on any atom is 0.259 e. The molecule has 0 spiro atoms. The summed E-state index contributed by atoms with van der Waals surface area (Å²) in [6.07, 6.45) is 1.64. The van der Waals surface area contributed by atoms with Crippen molar-refractivity contribution in [3.05, 3.63) is 77.2 Å². The summed E-state index contributed by atoms with van der Waals surface area (Å²) >= 11 is 1.19. The minimum absolute atomic E-state index is 0.151. The molecule has 0 fully saturated rings. The standard InChI is InChI=1S/C18H14N4OS/c19-24-14-8-6-12(7-9-14)17-16-15(10-11-20-18(16)23)22(21-17)13-4-2-1-3-5-13/h1-11H,19H2,(H,20,23). The molecule has 4 rings (SSSR count). The van der Waals surface area contributed by atoms with E-state index < -0.39 is 0 Å². The van der Waals surface area contributed by atoms with Gasteiger partial charge in [0.25, 0.3) is 5.56 Å². The van der Waals surface area contributed by atoms with Gasteiger partial charge in [0.1, 0.15) is 5.69 Å². The number of hydrogen-bond acceptors (Lipinski definition) is 4. The highest BCUT2D eigenvalue weighted by Crippen LogP contribution is 2.28. The quantitative estimate of drug-likeness (QED) is 0.563. The van der Waals surface area contributed by atoms with Crippen LogP contribution in [-0.2, 0) is 0 Å². The Labute approximate surface area is 142 Å². The van der Waals surface area contributed by atoms with E-state index in [0.717, 1.165) is 21.7 Å². The summed E-state index contributed by atoms with van der Waals surface area (Å²) in [4.78, 5) is 16.1. The number of nitrogens with one attached hydrogen (secondary N) is 1. The minimum atomic E-state index is -0.151. The van der Waals surface area contributed by atoms with E-state index in [-0.39, 0.29) is 5.56 Å². The van der Waals surface area contributed by atoms with Crippen molar-refractivity contribution in [2.45, 2.75) is 4.90 Å². The summed E-state index contributed by atoms with van der Waals surface area (Å²) in [6.45, 7) is 0. The number of aromatic nitrogens is 3. The largest absolute Gasteiger partial charge is 0.328 e. The van der Waals surface area contributed by atoms with Gasteiger partial charge in [0.2, 0.25) is 0 Å². The number of aromatic amines is 1. The first kappa shape index (κ1) is 14.7. The third-order valence-electron chi connectivity index (χ3n) is 3.87. The third kappa shape index (κ3) is 2.42. The molecular formula is C18H14N4OS. The number of pyridine rings is 1. The summed E-state index contributed by atoms with van der Waals surface area (Å²) < 4.78 is 1.80. The summed E-state index contributed by atoms with van der Waals surface area (Å²) in [5.74, 6) is 0. The Balaban J connectivity index is 2.00. The summed E-state index contributed by atoms with van der Waals surface area (Å²) in [6, 6.07) is 19.3. The zero-order chi connectivity index (χ0) is 16.5. The van der Waals surface area contributed by atoms with Crippen molar-refractivity contribution in [1.29, 1.82) is 0 Å². The molecule has 2 aromatic heterocycles. The number of nitrogens with two attached hydrogens (primary N) is 1. The molecule has 0 aliphatic heterocycles. The Morgan fingerprint density at radius 1 is 1.00 bits per heavy atom.